The molecule has 7 heteroatoms. The van der Waals surface area contributed by atoms with Crippen LogP contribution in [0.2, 0.25) is 0 Å². The highest BCUT2D eigenvalue weighted by Crippen LogP contribution is 2.32. The Morgan fingerprint density at radius 3 is 2.83 bits per heavy atom. The summed E-state index contributed by atoms with van der Waals surface area (Å²) < 4.78 is 29.1. The number of alkyl halides is 1. The lowest BCUT2D eigenvalue weighted by atomic mass is 10.1. The van der Waals surface area contributed by atoms with Gasteiger partial charge < -0.3 is 24.4 Å². The third-order valence-electron chi connectivity index (χ3n) is 3.54. The summed E-state index contributed by atoms with van der Waals surface area (Å²) in [6.07, 6.45) is -4.78. The Kier molecular flexibility index (Phi) is 6.06. The van der Waals surface area contributed by atoms with E-state index in [1.54, 1.807) is 6.92 Å². The van der Waals surface area contributed by atoms with Crippen molar-refractivity contribution in [2.75, 3.05) is 13.2 Å². The van der Waals surface area contributed by atoms with Crippen molar-refractivity contribution in [3.63, 3.8) is 0 Å². The molecule has 1 fully saturated rings. The molecule has 0 saturated carbocycles. The molecule has 2 N–H and O–H groups in total. The van der Waals surface area contributed by atoms with Crippen LogP contribution >= 0.6 is 0 Å². The van der Waals surface area contributed by atoms with Crippen molar-refractivity contribution in [1.82, 2.24) is 0 Å². The lowest BCUT2D eigenvalue weighted by Crippen LogP contribution is -2.41. The quantitative estimate of drug-likeness (QED) is 0.725. The van der Waals surface area contributed by atoms with Crippen molar-refractivity contribution in [2.45, 2.75) is 44.1 Å². The molecule has 1 aliphatic heterocycles. The average molecular weight is 328 g/mol. The molecule has 0 bridgehead atoms. The number of benzene rings is 1. The number of carbonyl (C=O) groups is 1. The number of ether oxygens (including phenoxy) is 3. The first kappa shape index (κ1) is 17.8. The minimum absolute atomic E-state index is 0.0461. The third-order valence-corrected chi connectivity index (χ3v) is 3.54. The van der Waals surface area contributed by atoms with Crippen molar-refractivity contribution in [3.05, 3.63) is 35.9 Å². The van der Waals surface area contributed by atoms with E-state index < -0.39 is 36.6 Å². The molecule has 2 rings (SSSR count). The lowest BCUT2D eigenvalue weighted by molar-refractivity contribution is -0.228. The summed E-state index contributed by atoms with van der Waals surface area (Å²) >= 11 is 0. The largest absolute Gasteiger partial charge is 0.462 e. The van der Waals surface area contributed by atoms with Crippen LogP contribution in [0.5, 0.6) is 0 Å². The van der Waals surface area contributed by atoms with Gasteiger partial charge in [0.15, 0.2) is 6.17 Å². The Labute approximate surface area is 133 Å². The van der Waals surface area contributed by atoms with Crippen molar-refractivity contribution >= 4 is 5.97 Å². The Bertz CT molecular complexity index is 511. The fourth-order valence-corrected chi connectivity index (χ4v) is 2.40. The van der Waals surface area contributed by atoms with Crippen LogP contribution in [0.3, 0.4) is 0 Å². The average Bonchev–Trinajstić information content (AvgIpc) is 2.85. The zero-order chi connectivity index (χ0) is 16.9. The molecule has 0 amide bonds. The highest BCUT2D eigenvalue weighted by atomic mass is 19.1. The van der Waals surface area contributed by atoms with Crippen LogP contribution in [0.25, 0.3) is 0 Å². The van der Waals surface area contributed by atoms with Crippen LogP contribution in [0.15, 0.2) is 30.3 Å². The topological polar surface area (TPSA) is 85.2 Å². The minimum atomic E-state index is -2.32. The highest BCUT2D eigenvalue weighted by Gasteiger charge is 2.53. The second-order valence-corrected chi connectivity index (χ2v) is 5.38. The maximum absolute atomic E-state index is 14.2. The molecule has 23 heavy (non-hydrogen) atoms. The summed E-state index contributed by atoms with van der Waals surface area (Å²) in [5, 5.41) is 19.9. The van der Waals surface area contributed by atoms with Gasteiger partial charge in [0, 0.05) is 6.42 Å². The second-order valence-electron chi connectivity index (χ2n) is 5.38. The molecule has 0 radical (unpaired) electrons. The standard InChI is InChI=1S/C16H21FO6/c1-2-22-15(19)16(20)8-13(18)14(23-16)12(17)10-21-9-11-6-4-3-5-7-11/h3-7,12-14,18,20H,2,8-10H2,1H3/t12?,13-,14+,16-/m0/s1. The Morgan fingerprint density at radius 1 is 1.48 bits per heavy atom. The molecule has 1 unspecified atom stereocenters. The summed E-state index contributed by atoms with van der Waals surface area (Å²) in [6.45, 7) is 1.51. The van der Waals surface area contributed by atoms with E-state index in [2.05, 4.69) is 4.74 Å². The molecule has 6 nitrogen and oxygen atoms in total. The van der Waals surface area contributed by atoms with Gasteiger partial charge in [0.1, 0.15) is 6.10 Å². The zero-order valence-electron chi connectivity index (χ0n) is 12.9. The maximum atomic E-state index is 14.2. The molecule has 128 valence electrons. The van der Waals surface area contributed by atoms with E-state index in [-0.39, 0.29) is 19.8 Å². The van der Waals surface area contributed by atoms with Crippen molar-refractivity contribution in [3.8, 4) is 0 Å². The number of rotatable bonds is 7. The predicted molar refractivity (Wildman–Crippen MR) is 78.1 cm³/mol. The molecule has 1 heterocycles. The van der Waals surface area contributed by atoms with Crippen molar-refractivity contribution in [1.29, 1.82) is 0 Å². The van der Waals surface area contributed by atoms with Gasteiger partial charge in [-0.2, -0.15) is 0 Å². The normalized spacial score (nSPS) is 28.5. The van der Waals surface area contributed by atoms with Gasteiger partial charge in [0.25, 0.3) is 5.79 Å². The fraction of sp³-hybridized carbons (Fsp3) is 0.562. The summed E-state index contributed by atoms with van der Waals surface area (Å²) in [6, 6.07) is 9.23. The first-order chi connectivity index (χ1) is 11.0. The number of aliphatic hydroxyl groups is 2. The monoisotopic (exact) mass is 328 g/mol. The number of hydrogen-bond donors (Lipinski definition) is 2. The Balaban J connectivity index is 1.85. The molecule has 1 aliphatic rings. The summed E-state index contributed by atoms with van der Waals surface area (Å²) in [5.74, 6) is -3.34. The van der Waals surface area contributed by atoms with E-state index in [1.165, 1.54) is 0 Å². The van der Waals surface area contributed by atoms with E-state index in [1.807, 2.05) is 30.3 Å². The number of hydrogen-bond acceptors (Lipinski definition) is 6. The van der Waals surface area contributed by atoms with Crippen LogP contribution in [0.4, 0.5) is 4.39 Å². The predicted octanol–water partition coefficient (Wildman–Crippen LogP) is 0.943. The molecule has 1 aromatic rings. The first-order valence-electron chi connectivity index (χ1n) is 7.47. The Morgan fingerprint density at radius 2 is 2.17 bits per heavy atom. The molecular weight excluding hydrogens is 307 g/mol. The van der Waals surface area contributed by atoms with Gasteiger partial charge in [-0.15, -0.1) is 0 Å². The molecule has 1 saturated heterocycles. The van der Waals surface area contributed by atoms with Crippen LogP contribution < -0.4 is 0 Å². The van der Waals surface area contributed by atoms with Crippen LogP contribution in [0.1, 0.15) is 18.9 Å². The molecular formula is C16H21FO6. The number of halogens is 1. The third kappa shape index (κ3) is 4.48. The highest BCUT2D eigenvalue weighted by molar-refractivity contribution is 5.78. The summed E-state index contributed by atoms with van der Waals surface area (Å²) in [4.78, 5) is 11.6. The second kappa shape index (κ2) is 7.83. The van der Waals surface area contributed by atoms with Gasteiger partial charge in [0.2, 0.25) is 0 Å². The lowest BCUT2D eigenvalue weighted by Gasteiger charge is -2.22. The summed E-state index contributed by atoms with van der Waals surface area (Å²) in [5.41, 5.74) is 0.885. The smallest absolute Gasteiger partial charge is 0.366 e. The van der Waals surface area contributed by atoms with Crippen molar-refractivity contribution < 1.29 is 33.6 Å². The number of esters is 1. The number of carbonyl (C=O) groups excluding carboxylic acids is 1. The van der Waals surface area contributed by atoms with E-state index >= 15 is 0 Å². The van der Waals surface area contributed by atoms with Gasteiger partial charge in [-0.05, 0) is 12.5 Å². The zero-order valence-corrected chi connectivity index (χ0v) is 12.9. The molecule has 0 aliphatic carbocycles. The van der Waals surface area contributed by atoms with Gasteiger partial charge in [0.05, 0.1) is 25.9 Å². The van der Waals surface area contributed by atoms with Crippen LogP contribution in [-0.2, 0) is 25.6 Å². The minimum Gasteiger partial charge on any atom is -0.462 e. The molecule has 4 atom stereocenters. The first-order valence-corrected chi connectivity index (χ1v) is 7.47. The fourth-order valence-electron chi connectivity index (χ4n) is 2.40. The maximum Gasteiger partial charge on any atom is 0.366 e. The van der Waals surface area contributed by atoms with Gasteiger partial charge >= 0.3 is 5.97 Å². The summed E-state index contributed by atoms with van der Waals surface area (Å²) in [7, 11) is 0. The Hall–Kier alpha value is -1.54. The number of aliphatic hydroxyl groups excluding tert-OH is 1. The van der Waals surface area contributed by atoms with E-state index in [0.29, 0.717) is 0 Å². The van der Waals surface area contributed by atoms with Gasteiger partial charge in [-0.3, -0.25) is 0 Å². The van der Waals surface area contributed by atoms with Crippen LogP contribution in [-0.4, -0.2) is 53.6 Å². The van der Waals surface area contributed by atoms with Crippen LogP contribution in [0, 0.1) is 0 Å². The van der Waals surface area contributed by atoms with E-state index in [0.717, 1.165) is 5.56 Å². The molecule has 1 aromatic carbocycles. The van der Waals surface area contributed by atoms with Gasteiger partial charge in [-0.1, -0.05) is 30.3 Å². The van der Waals surface area contributed by atoms with E-state index in [9.17, 15) is 19.4 Å². The van der Waals surface area contributed by atoms with Gasteiger partial charge in [-0.25, -0.2) is 9.18 Å². The van der Waals surface area contributed by atoms with Crippen molar-refractivity contribution in [2.24, 2.45) is 0 Å². The van der Waals surface area contributed by atoms with E-state index in [4.69, 9.17) is 9.47 Å². The molecule has 0 aromatic heterocycles. The SMILES string of the molecule is CCOC(=O)[C@]1(O)C[C@H](O)[C@@H](C(F)COCc2ccccc2)O1. The molecule has 0 spiro atoms.